The SMILES string of the molecule is Cc1ccccc1-n1nc(C(C)(C)C)cc1NC(=O)CN(CCC(C)C)C(=O)CCC1CCCC1. The molecule has 0 bridgehead atoms. The zero-order valence-electron chi connectivity index (χ0n) is 22.6. The van der Waals surface area contributed by atoms with Gasteiger partial charge in [-0.1, -0.05) is 78.5 Å². The summed E-state index contributed by atoms with van der Waals surface area (Å²) in [5.74, 6) is 1.68. The van der Waals surface area contributed by atoms with Gasteiger partial charge in [0.05, 0.1) is 17.9 Å². The molecule has 1 N–H and O–H groups in total. The summed E-state index contributed by atoms with van der Waals surface area (Å²) >= 11 is 0. The number of hydrogen-bond donors (Lipinski definition) is 1. The molecule has 0 radical (unpaired) electrons. The van der Waals surface area contributed by atoms with Crippen molar-refractivity contribution in [3.63, 3.8) is 0 Å². The third-order valence-electron chi connectivity index (χ3n) is 6.99. The van der Waals surface area contributed by atoms with Gasteiger partial charge in [0.25, 0.3) is 0 Å². The van der Waals surface area contributed by atoms with Gasteiger partial charge in [-0.05, 0) is 43.2 Å². The van der Waals surface area contributed by atoms with Crippen molar-refractivity contribution in [2.24, 2.45) is 11.8 Å². The summed E-state index contributed by atoms with van der Waals surface area (Å²) < 4.78 is 1.81. The van der Waals surface area contributed by atoms with Crippen LogP contribution in [0.2, 0.25) is 0 Å². The van der Waals surface area contributed by atoms with Crippen LogP contribution in [0.15, 0.2) is 30.3 Å². The molecule has 0 saturated heterocycles. The summed E-state index contributed by atoms with van der Waals surface area (Å²) in [7, 11) is 0. The monoisotopic (exact) mass is 480 g/mol. The normalized spacial score (nSPS) is 14.5. The molecule has 2 aromatic rings. The molecule has 2 amide bonds. The van der Waals surface area contributed by atoms with E-state index in [0.717, 1.165) is 29.8 Å². The van der Waals surface area contributed by atoms with Crippen LogP contribution in [0.4, 0.5) is 5.82 Å². The van der Waals surface area contributed by atoms with Gasteiger partial charge < -0.3 is 10.2 Å². The molecular formula is C29H44N4O2. The molecule has 192 valence electrons. The Hall–Kier alpha value is -2.63. The number of amides is 2. The van der Waals surface area contributed by atoms with Gasteiger partial charge >= 0.3 is 0 Å². The highest BCUT2D eigenvalue weighted by molar-refractivity contribution is 5.94. The van der Waals surface area contributed by atoms with E-state index in [-0.39, 0.29) is 23.8 Å². The molecule has 6 nitrogen and oxygen atoms in total. The van der Waals surface area contributed by atoms with E-state index in [4.69, 9.17) is 5.10 Å². The van der Waals surface area contributed by atoms with E-state index in [1.165, 1.54) is 25.7 Å². The van der Waals surface area contributed by atoms with Crippen molar-refractivity contribution in [3.8, 4) is 5.69 Å². The maximum Gasteiger partial charge on any atom is 0.245 e. The molecule has 1 aliphatic carbocycles. The fraction of sp³-hybridized carbons (Fsp3) is 0.621. The van der Waals surface area contributed by atoms with Crippen LogP contribution in [-0.4, -0.2) is 39.6 Å². The van der Waals surface area contributed by atoms with E-state index in [0.29, 0.717) is 30.6 Å². The largest absolute Gasteiger partial charge is 0.333 e. The summed E-state index contributed by atoms with van der Waals surface area (Å²) in [4.78, 5) is 28.1. The number of aromatic nitrogens is 2. The first-order chi connectivity index (χ1) is 16.5. The maximum atomic E-state index is 13.2. The van der Waals surface area contributed by atoms with Crippen LogP contribution in [0.25, 0.3) is 5.69 Å². The van der Waals surface area contributed by atoms with E-state index >= 15 is 0 Å². The average Bonchev–Trinajstić information content (AvgIpc) is 3.45. The fourth-order valence-electron chi connectivity index (χ4n) is 4.67. The Morgan fingerprint density at radius 2 is 1.86 bits per heavy atom. The van der Waals surface area contributed by atoms with Crippen LogP contribution in [0, 0.1) is 18.8 Å². The van der Waals surface area contributed by atoms with Crippen LogP contribution < -0.4 is 5.32 Å². The van der Waals surface area contributed by atoms with Crippen molar-refractivity contribution in [1.82, 2.24) is 14.7 Å². The summed E-state index contributed by atoms with van der Waals surface area (Å²) in [6, 6.07) is 9.96. The zero-order chi connectivity index (χ0) is 25.6. The molecule has 3 rings (SSSR count). The second-order valence-corrected chi connectivity index (χ2v) is 11.6. The Balaban J connectivity index is 1.76. The van der Waals surface area contributed by atoms with Gasteiger partial charge in [-0.3, -0.25) is 9.59 Å². The van der Waals surface area contributed by atoms with E-state index < -0.39 is 0 Å². The number of hydrogen-bond acceptors (Lipinski definition) is 3. The predicted molar refractivity (Wildman–Crippen MR) is 143 cm³/mol. The lowest BCUT2D eigenvalue weighted by Gasteiger charge is -2.24. The number of carbonyl (C=O) groups is 2. The third kappa shape index (κ3) is 7.68. The number of rotatable bonds is 10. The van der Waals surface area contributed by atoms with E-state index in [9.17, 15) is 9.59 Å². The van der Waals surface area contributed by atoms with Crippen molar-refractivity contribution >= 4 is 17.6 Å². The summed E-state index contributed by atoms with van der Waals surface area (Å²) in [6.07, 6.45) is 7.39. The average molecular weight is 481 g/mol. The number of aryl methyl sites for hydroxylation is 1. The van der Waals surface area contributed by atoms with Crippen molar-refractivity contribution in [2.45, 2.75) is 91.9 Å². The summed E-state index contributed by atoms with van der Waals surface area (Å²) in [6.45, 7) is 13.3. The van der Waals surface area contributed by atoms with Crippen molar-refractivity contribution in [1.29, 1.82) is 0 Å². The molecule has 0 spiro atoms. The van der Waals surface area contributed by atoms with Gasteiger partial charge in [0.2, 0.25) is 11.8 Å². The summed E-state index contributed by atoms with van der Waals surface area (Å²) in [5.41, 5.74) is 2.75. The second kappa shape index (κ2) is 11.9. The number of benzene rings is 1. The molecule has 1 aliphatic rings. The van der Waals surface area contributed by atoms with Gasteiger partial charge in [-0.15, -0.1) is 0 Å². The van der Waals surface area contributed by atoms with Crippen LogP contribution in [0.3, 0.4) is 0 Å². The topological polar surface area (TPSA) is 67.2 Å². The molecule has 1 fully saturated rings. The smallest absolute Gasteiger partial charge is 0.245 e. The molecule has 0 unspecified atom stereocenters. The number of nitrogens with one attached hydrogen (secondary N) is 1. The molecule has 0 aliphatic heterocycles. The first kappa shape index (κ1) is 27.0. The summed E-state index contributed by atoms with van der Waals surface area (Å²) in [5, 5.41) is 7.90. The Bertz CT molecular complexity index is 996. The number of carbonyl (C=O) groups excluding carboxylic acids is 2. The Labute approximate surface area is 211 Å². The molecule has 1 aromatic carbocycles. The molecule has 0 atom stereocenters. The molecule has 6 heteroatoms. The zero-order valence-corrected chi connectivity index (χ0v) is 22.6. The molecule has 1 saturated carbocycles. The highest BCUT2D eigenvalue weighted by Gasteiger charge is 2.24. The third-order valence-corrected chi connectivity index (χ3v) is 6.99. The fourth-order valence-corrected chi connectivity index (χ4v) is 4.67. The first-order valence-corrected chi connectivity index (χ1v) is 13.3. The van der Waals surface area contributed by atoms with Gasteiger partial charge in [-0.25, -0.2) is 4.68 Å². The highest BCUT2D eigenvalue weighted by Crippen LogP contribution is 2.29. The standard InChI is InChI=1S/C29H44N4O2/c1-21(2)17-18-32(28(35)16-15-23-12-8-9-13-23)20-27(34)30-26-19-25(29(4,5)6)31-33(26)24-14-10-7-11-22(24)3/h7,10-11,14,19,21,23H,8-9,12-13,15-18,20H2,1-6H3,(H,30,34). The quantitative estimate of drug-likeness (QED) is 0.436. The maximum absolute atomic E-state index is 13.2. The molecule has 1 aromatic heterocycles. The van der Waals surface area contributed by atoms with E-state index in [1.807, 2.05) is 41.9 Å². The second-order valence-electron chi connectivity index (χ2n) is 11.6. The molecule has 35 heavy (non-hydrogen) atoms. The van der Waals surface area contributed by atoms with Gasteiger partial charge in [0.15, 0.2) is 0 Å². The Morgan fingerprint density at radius 3 is 2.49 bits per heavy atom. The van der Waals surface area contributed by atoms with Crippen LogP contribution >= 0.6 is 0 Å². The minimum Gasteiger partial charge on any atom is -0.333 e. The molecular weight excluding hydrogens is 436 g/mol. The van der Waals surface area contributed by atoms with Gasteiger partial charge in [-0.2, -0.15) is 5.10 Å². The number of para-hydroxylation sites is 1. The van der Waals surface area contributed by atoms with E-state index in [2.05, 4.69) is 39.9 Å². The lowest BCUT2D eigenvalue weighted by Crippen LogP contribution is -2.39. The van der Waals surface area contributed by atoms with E-state index in [1.54, 1.807) is 4.90 Å². The Morgan fingerprint density at radius 1 is 1.17 bits per heavy atom. The van der Waals surface area contributed by atoms with Crippen LogP contribution in [-0.2, 0) is 15.0 Å². The Kier molecular flexibility index (Phi) is 9.15. The van der Waals surface area contributed by atoms with Crippen molar-refractivity contribution < 1.29 is 9.59 Å². The lowest BCUT2D eigenvalue weighted by atomic mass is 9.92. The lowest BCUT2D eigenvalue weighted by molar-refractivity contribution is -0.135. The number of nitrogens with zero attached hydrogens (tertiary/aromatic N) is 3. The van der Waals surface area contributed by atoms with Gasteiger partial charge in [0.1, 0.15) is 5.82 Å². The minimum absolute atomic E-state index is 0.0695. The highest BCUT2D eigenvalue weighted by atomic mass is 16.2. The number of anilines is 1. The molecule has 1 heterocycles. The van der Waals surface area contributed by atoms with Crippen molar-refractivity contribution in [3.05, 3.63) is 41.6 Å². The predicted octanol–water partition coefficient (Wildman–Crippen LogP) is 6.26. The minimum atomic E-state index is -0.182. The van der Waals surface area contributed by atoms with Crippen molar-refractivity contribution in [2.75, 3.05) is 18.4 Å². The van der Waals surface area contributed by atoms with Crippen LogP contribution in [0.1, 0.15) is 90.8 Å². The van der Waals surface area contributed by atoms with Gasteiger partial charge in [0, 0.05) is 24.4 Å². The first-order valence-electron chi connectivity index (χ1n) is 13.3. The van der Waals surface area contributed by atoms with Crippen LogP contribution in [0.5, 0.6) is 0 Å².